The van der Waals surface area contributed by atoms with Gasteiger partial charge < -0.3 is 19.1 Å². The van der Waals surface area contributed by atoms with Gasteiger partial charge in [0.15, 0.2) is 0 Å². The summed E-state index contributed by atoms with van der Waals surface area (Å²) in [4.78, 5) is 18.0. The normalized spacial score (nSPS) is 22.3. The highest BCUT2D eigenvalue weighted by atomic mass is 16.5. The predicted octanol–water partition coefficient (Wildman–Crippen LogP) is 2.67. The largest absolute Gasteiger partial charge is 0.493 e. The molecule has 3 rings (SSSR count). The van der Waals surface area contributed by atoms with Gasteiger partial charge in [-0.25, -0.2) is 0 Å². The van der Waals surface area contributed by atoms with Crippen LogP contribution in [0.4, 0.5) is 0 Å². The Morgan fingerprint density at radius 1 is 1.35 bits per heavy atom. The maximum atomic E-state index is 12.1. The van der Waals surface area contributed by atoms with Gasteiger partial charge in [-0.3, -0.25) is 9.78 Å². The number of ether oxygens (including phenoxy) is 3. The summed E-state index contributed by atoms with van der Waals surface area (Å²) in [6.45, 7) is 5.76. The Labute approximate surface area is 155 Å². The van der Waals surface area contributed by atoms with E-state index in [4.69, 9.17) is 14.2 Å². The van der Waals surface area contributed by atoms with E-state index in [-0.39, 0.29) is 18.1 Å². The van der Waals surface area contributed by atoms with E-state index in [1.807, 2.05) is 24.0 Å². The van der Waals surface area contributed by atoms with Gasteiger partial charge in [0.1, 0.15) is 12.4 Å². The maximum absolute atomic E-state index is 12.1. The lowest BCUT2D eigenvalue weighted by Gasteiger charge is -2.46. The molecule has 0 saturated carbocycles. The standard InChI is InChI=1S/C20H30N2O4/c1-2-24-16-19(23)22-11-7-20(8-12-22)15-17(6-14-26-20)5-13-25-18-3-9-21-10-4-18/h3-4,9-10,17H,2,5-8,11-16H2,1H3. The third-order valence-corrected chi connectivity index (χ3v) is 5.50. The second kappa shape index (κ2) is 9.33. The molecule has 1 unspecified atom stereocenters. The van der Waals surface area contributed by atoms with Crippen molar-refractivity contribution in [3.05, 3.63) is 24.5 Å². The summed E-state index contributed by atoms with van der Waals surface area (Å²) in [6, 6.07) is 3.78. The van der Waals surface area contributed by atoms with E-state index in [9.17, 15) is 4.79 Å². The van der Waals surface area contributed by atoms with E-state index >= 15 is 0 Å². The van der Waals surface area contributed by atoms with Gasteiger partial charge in [-0.05, 0) is 57.1 Å². The van der Waals surface area contributed by atoms with Crippen molar-refractivity contribution in [3.8, 4) is 5.75 Å². The molecule has 6 heteroatoms. The summed E-state index contributed by atoms with van der Waals surface area (Å²) >= 11 is 0. The number of carbonyl (C=O) groups is 1. The Morgan fingerprint density at radius 3 is 2.85 bits per heavy atom. The number of carbonyl (C=O) groups excluding carboxylic acids is 1. The van der Waals surface area contributed by atoms with Crippen molar-refractivity contribution in [2.24, 2.45) is 5.92 Å². The van der Waals surface area contributed by atoms with Crippen LogP contribution < -0.4 is 4.74 Å². The molecular weight excluding hydrogens is 332 g/mol. The third kappa shape index (κ3) is 5.17. The first kappa shape index (κ1) is 19.1. The molecule has 2 saturated heterocycles. The highest BCUT2D eigenvalue weighted by Gasteiger charge is 2.40. The fourth-order valence-corrected chi connectivity index (χ4v) is 3.95. The summed E-state index contributed by atoms with van der Waals surface area (Å²) in [5.74, 6) is 1.60. The van der Waals surface area contributed by atoms with Crippen LogP contribution in [0, 0.1) is 5.92 Å². The van der Waals surface area contributed by atoms with Crippen LogP contribution in [0.3, 0.4) is 0 Å². The van der Waals surface area contributed by atoms with E-state index in [0.29, 0.717) is 12.5 Å². The predicted molar refractivity (Wildman–Crippen MR) is 98.1 cm³/mol. The Balaban J connectivity index is 1.42. The molecule has 2 aliphatic rings. The number of hydrogen-bond acceptors (Lipinski definition) is 5. The lowest BCUT2D eigenvalue weighted by atomic mass is 9.78. The van der Waals surface area contributed by atoms with E-state index in [1.165, 1.54) is 0 Å². The van der Waals surface area contributed by atoms with Gasteiger partial charge in [-0.1, -0.05) is 0 Å². The first-order valence-corrected chi connectivity index (χ1v) is 9.73. The van der Waals surface area contributed by atoms with Crippen LogP contribution in [0.2, 0.25) is 0 Å². The van der Waals surface area contributed by atoms with Gasteiger partial charge in [-0.2, -0.15) is 0 Å². The fraction of sp³-hybridized carbons (Fsp3) is 0.700. The average molecular weight is 362 g/mol. The van der Waals surface area contributed by atoms with Crippen molar-refractivity contribution in [1.82, 2.24) is 9.88 Å². The summed E-state index contributed by atoms with van der Waals surface area (Å²) in [5, 5.41) is 0. The molecule has 1 aromatic rings. The molecule has 26 heavy (non-hydrogen) atoms. The zero-order valence-electron chi connectivity index (χ0n) is 15.7. The quantitative estimate of drug-likeness (QED) is 0.746. The van der Waals surface area contributed by atoms with Crippen molar-refractivity contribution < 1.29 is 19.0 Å². The summed E-state index contributed by atoms with van der Waals surface area (Å²) in [6.07, 6.45) is 8.55. The highest BCUT2D eigenvalue weighted by molar-refractivity contribution is 5.77. The third-order valence-electron chi connectivity index (χ3n) is 5.50. The summed E-state index contributed by atoms with van der Waals surface area (Å²) in [5.41, 5.74) is -0.0536. The first-order chi connectivity index (χ1) is 12.7. The lowest BCUT2D eigenvalue weighted by Crippen LogP contribution is -2.51. The number of hydrogen-bond donors (Lipinski definition) is 0. The van der Waals surface area contributed by atoms with Crippen LogP contribution in [-0.4, -0.2) is 60.9 Å². The minimum atomic E-state index is -0.0536. The van der Waals surface area contributed by atoms with Crippen molar-refractivity contribution in [2.75, 3.05) is 39.5 Å². The van der Waals surface area contributed by atoms with Gasteiger partial charge in [0.25, 0.3) is 0 Å². The molecule has 2 fully saturated rings. The molecule has 0 radical (unpaired) electrons. The van der Waals surface area contributed by atoms with Crippen molar-refractivity contribution in [2.45, 2.75) is 44.6 Å². The van der Waals surface area contributed by atoms with Gasteiger partial charge >= 0.3 is 0 Å². The van der Waals surface area contributed by atoms with Crippen LogP contribution in [0.1, 0.15) is 39.0 Å². The Morgan fingerprint density at radius 2 is 2.12 bits per heavy atom. The van der Waals surface area contributed by atoms with Gasteiger partial charge in [-0.15, -0.1) is 0 Å². The molecule has 2 aliphatic heterocycles. The molecule has 6 nitrogen and oxygen atoms in total. The topological polar surface area (TPSA) is 60.9 Å². The molecule has 1 aromatic heterocycles. The van der Waals surface area contributed by atoms with E-state index < -0.39 is 0 Å². The van der Waals surface area contributed by atoms with E-state index in [0.717, 1.165) is 64.2 Å². The minimum absolute atomic E-state index is 0.0536. The summed E-state index contributed by atoms with van der Waals surface area (Å²) < 4.78 is 17.3. The highest BCUT2D eigenvalue weighted by Crippen LogP contribution is 2.38. The second-order valence-electron chi connectivity index (χ2n) is 7.23. The maximum Gasteiger partial charge on any atom is 0.248 e. The number of nitrogens with zero attached hydrogens (tertiary/aromatic N) is 2. The van der Waals surface area contributed by atoms with Crippen LogP contribution in [0.25, 0.3) is 0 Å². The zero-order valence-corrected chi connectivity index (χ0v) is 15.7. The molecule has 144 valence electrons. The van der Waals surface area contributed by atoms with Crippen molar-refractivity contribution in [3.63, 3.8) is 0 Å². The molecule has 0 N–H and O–H groups in total. The SMILES string of the molecule is CCOCC(=O)N1CCC2(CC1)CC(CCOc1ccncc1)CCO2. The first-order valence-electron chi connectivity index (χ1n) is 9.73. The molecule has 1 spiro atoms. The van der Waals surface area contributed by atoms with Crippen molar-refractivity contribution in [1.29, 1.82) is 0 Å². The van der Waals surface area contributed by atoms with Crippen LogP contribution in [0.5, 0.6) is 5.75 Å². The lowest BCUT2D eigenvalue weighted by molar-refractivity contribution is -0.151. The average Bonchev–Trinajstić information content (AvgIpc) is 2.68. The molecule has 0 bridgehead atoms. The van der Waals surface area contributed by atoms with Gasteiger partial charge in [0, 0.05) is 38.7 Å². The number of rotatable bonds is 7. The molecular formula is C20H30N2O4. The Bertz CT molecular complexity index is 558. The monoisotopic (exact) mass is 362 g/mol. The molecule has 0 aliphatic carbocycles. The molecule has 1 amide bonds. The van der Waals surface area contributed by atoms with E-state index in [1.54, 1.807) is 12.4 Å². The molecule has 1 atom stereocenters. The Hall–Kier alpha value is -1.66. The number of amides is 1. The van der Waals surface area contributed by atoms with Gasteiger partial charge in [0.2, 0.25) is 5.91 Å². The number of piperidine rings is 1. The Kier molecular flexibility index (Phi) is 6.86. The number of aromatic nitrogens is 1. The number of likely N-dealkylation sites (tertiary alicyclic amines) is 1. The minimum Gasteiger partial charge on any atom is -0.493 e. The fourth-order valence-electron chi connectivity index (χ4n) is 3.95. The smallest absolute Gasteiger partial charge is 0.248 e. The van der Waals surface area contributed by atoms with E-state index in [2.05, 4.69) is 4.98 Å². The molecule has 3 heterocycles. The van der Waals surface area contributed by atoms with Crippen molar-refractivity contribution >= 4 is 5.91 Å². The van der Waals surface area contributed by atoms with Gasteiger partial charge in [0.05, 0.1) is 12.2 Å². The van der Waals surface area contributed by atoms with Crippen LogP contribution >= 0.6 is 0 Å². The summed E-state index contributed by atoms with van der Waals surface area (Å²) in [7, 11) is 0. The van der Waals surface area contributed by atoms with Crippen LogP contribution in [-0.2, 0) is 14.3 Å². The molecule has 0 aromatic carbocycles. The van der Waals surface area contributed by atoms with Crippen LogP contribution in [0.15, 0.2) is 24.5 Å². The zero-order chi connectivity index (χ0) is 18.2. The number of pyridine rings is 1. The second-order valence-corrected chi connectivity index (χ2v) is 7.23.